The molecule has 1 aliphatic rings. The number of pyridine rings is 1. The lowest BCUT2D eigenvalue weighted by atomic mass is 10.1. The van der Waals surface area contributed by atoms with E-state index in [-0.39, 0.29) is 6.54 Å². The monoisotopic (exact) mass is 375 g/mol. The van der Waals surface area contributed by atoms with Crippen LogP contribution in [-0.4, -0.2) is 53.7 Å². The molecule has 1 aromatic rings. The number of rotatable bonds is 4. The highest BCUT2D eigenvalue weighted by Crippen LogP contribution is 2.28. The lowest BCUT2D eigenvalue weighted by Gasteiger charge is -2.26. The Kier molecular flexibility index (Phi) is 5.84. The number of hydrogen-bond donors (Lipinski definition) is 1. The quantitative estimate of drug-likeness (QED) is 0.875. The van der Waals surface area contributed by atoms with Crippen LogP contribution in [0, 0.1) is 0 Å². The molecule has 116 valence electrons. The Bertz CT molecular complexity index is 515. The zero-order valence-corrected chi connectivity index (χ0v) is 14.3. The molecule has 2 heterocycles. The summed E-state index contributed by atoms with van der Waals surface area (Å²) in [6.45, 7) is 1.88. The third-order valence-electron chi connectivity index (χ3n) is 3.79. The number of likely N-dealkylation sites (N-methyl/N-ethyl adjacent to an activating group) is 1. The molecule has 1 atom stereocenters. The van der Waals surface area contributed by atoms with Gasteiger partial charge >= 0.3 is 5.97 Å². The summed E-state index contributed by atoms with van der Waals surface area (Å²) in [6, 6.07) is 2.15. The summed E-state index contributed by atoms with van der Waals surface area (Å²) in [5.74, 6) is 0.127. The molecule has 21 heavy (non-hydrogen) atoms. The lowest BCUT2D eigenvalue weighted by Crippen LogP contribution is -2.36. The van der Waals surface area contributed by atoms with E-state index < -0.39 is 5.97 Å². The molecule has 0 spiro atoms. The van der Waals surface area contributed by atoms with Crippen molar-refractivity contribution in [3.8, 4) is 0 Å². The van der Waals surface area contributed by atoms with Gasteiger partial charge < -0.3 is 10.0 Å². The van der Waals surface area contributed by atoms with Crippen molar-refractivity contribution in [3.63, 3.8) is 0 Å². The zero-order valence-electron chi connectivity index (χ0n) is 11.9. The summed E-state index contributed by atoms with van der Waals surface area (Å²) < 4.78 is 0.896. The van der Waals surface area contributed by atoms with Crippen LogP contribution in [0.15, 0.2) is 16.7 Å². The Morgan fingerprint density at radius 2 is 2.33 bits per heavy atom. The topological polar surface area (TPSA) is 56.7 Å². The summed E-state index contributed by atoms with van der Waals surface area (Å²) in [7, 11) is 1.88. The van der Waals surface area contributed by atoms with Gasteiger partial charge in [0.15, 0.2) is 0 Å². The molecule has 2 rings (SSSR count). The highest BCUT2D eigenvalue weighted by atomic mass is 79.9. The normalized spacial score (nSPS) is 19.6. The molecule has 0 amide bonds. The number of nitrogens with zero attached hydrogens (tertiary/aromatic N) is 3. The predicted molar refractivity (Wildman–Crippen MR) is 87.1 cm³/mol. The van der Waals surface area contributed by atoms with Gasteiger partial charge in [-0.3, -0.25) is 9.69 Å². The van der Waals surface area contributed by atoms with E-state index in [1.54, 1.807) is 6.20 Å². The van der Waals surface area contributed by atoms with Crippen LogP contribution >= 0.6 is 27.5 Å². The molecule has 0 aromatic carbocycles. The molecule has 1 aliphatic heterocycles. The standard InChI is InChI=1S/C14H19BrClN3O2/c1-18(9-13(20)21)11-3-2-5-19(6-4-11)14-12(15)7-10(16)8-17-14/h7-8,11H,2-6,9H2,1H3,(H,20,21). The summed E-state index contributed by atoms with van der Waals surface area (Å²) in [4.78, 5) is 19.4. The summed E-state index contributed by atoms with van der Waals surface area (Å²) in [5, 5.41) is 9.51. The Morgan fingerprint density at radius 3 is 3.00 bits per heavy atom. The minimum Gasteiger partial charge on any atom is -0.480 e. The van der Waals surface area contributed by atoms with Gasteiger partial charge in [0.25, 0.3) is 0 Å². The molecule has 1 saturated heterocycles. The Hall–Kier alpha value is -0.850. The third kappa shape index (κ3) is 4.56. The highest BCUT2D eigenvalue weighted by Gasteiger charge is 2.23. The number of aromatic nitrogens is 1. The molecule has 0 radical (unpaired) electrons. The molecule has 1 unspecified atom stereocenters. The van der Waals surface area contributed by atoms with E-state index >= 15 is 0 Å². The Balaban J connectivity index is 2.02. The van der Waals surface area contributed by atoms with E-state index in [0.717, 1.165) is 42.6 Å². The van der Waals surface area contributed by atoms with Crippen LogP contribution in [0.1, 0.15) is 19.3 Å². The number of carbonyl (C=O) groups is 1. The van der Waals surface area contributed by atoms with E-state index in [9.17, 15) is 4.79 Å². The molecule has 0 saturated carbocycles. The maximum absolute atomic E-state index is 10.8. The van der Waals surface area contributed by atoms with Crippen molar-refractivity contribution in [2.45, 2.75) is 25.3 Å². The van der Waals surface area contributed by atoms with Crippen LogP contribution in [0.2, 0.25) is 5.02 Å². The van der Waals surface area contributed by atoms with Crippen LogP contribution in [-0.2, 0) is 4.79 Å². The van der Waals surface area contributed by atoms with Crippen LogP contribution in [0.25, 0.3) is 0 Å². The number of carboxylic acids is 1. The van der Waals surface area contributed by atoms with Gasteiger partial charge in [-0.25, -0.2) is 4.98 Å². The van der Waals surface area contributed by atoms with Crippen molar-refractivity contribution >= 4 is 39.3 Å². The molecule has 1 fully saturated rings. The first-order chi connectivity index (χ1) is 9.97. The van der Waals surface area contributed by atoms with Gasteiger partial charge in [0, 0.05) is 25.3 Å². The maximum Gasteiger partial charge on any atom is 0.317 e. The predicted octanol–water partition coefficient (Wildman–Crippen LogP) is 2.87. The number of halogens is 2. The third-order valence-corrected chi connectivity index (χ3v) is 4.58. The minimum atomic E-state index is -0.777. The van der Waals surface area contributed by atoms with Crippen molar-refractivity contribution < 1.29 is 9.90 Å². The fourth-order valence-corrected chi connectivity index (χ4v) is 3.60. The fourth-order valence-electron chi connectivity index (χ4n) is 2.71. The van der Waals surface area contributed by atoms with Crippen LogP contribution in [0.5, 0.6) is 0 Å². The first-order valence-electron chi connectivity index (χ1n) is 6.95. The number of anilines is 1. The molecular weight excluding hydrogens is 358 g/mol. The van der Waals surface area contributed by atoms with Crippen molar-refractivity contribution in [2.24, 2.45) is 0 Å². The van der Waals surface area contributed by atoms with E-state index in [1.807, 2.05) is 18.0 Å². The number of aliphatic carboxylic acids is 1. The van der Waals surface area contributed by atoms with Gasteiger partial charge in [0.2, 0.25) is 0 Å². The van der Waals surface area contributed by atoms with Gasteiger partial charge in [0.05, 0.1) is 16.0 Å². The SMILES string of the molecule is CN(CC(=O)O)C1CCCN(c2ncc(Cl)cc2Br)CC1. The van der Waals surface area contributed by atoms with Gasteiger partial charge in [-0.1, -0.05) is 11.6 Å². The van der Waals surface area contributed by atoms with Gasteiger partial charge in [-0.15, -0.1) is 0 Å². The summed E-state index contributed by atoms with van der Waals surface area (Å²) in [5.41, 5.74) is 0. The molecular formula is C14H19BrClN3O2. The zero-order chi connectivity index (χ0) is 15.4. The van der Waals surface area contributed by atoms with E-state index in [4.69, 9.17) is 16.7 Å². The second-order valence-corrected chi connectivity index (χ2v) is 6.63. The van der Waals surface area contributed by atoms with E-state index in [2.05, 4.69) is 25.8 Å². The molecule has 0 aliphatic carbocycles. The van der Waals surface area contributed by atoms with E-state index in [1.165, 1.54) is 0 Å². The van der Waals surface area contributed by atoms with Crippen molar-refractivity contribution in [1.82, 2.24) is 9.88 Å². The average molecular weight is 377 g/mol. The summed E-state index contributed by atoms with van der Waals surface area (Å²) in [6.07, 6.45) is 4.61. The first kappa shape index (κ1) is 16.5. The Morgan fingerprint density at radius 1 is 1.57 bits per heavy atom. The van der Waals surface area contributed by atoms with Gasteiger partial charge in [-0.05, 0) is 48.3 Å². The second kappa shape index (κ2) is 7.42. The molecule has 1 N–H and O–H groups in total. The van der Waals surface area contributed by atoms with Crippen LogP contribution in [0.4, 0.5) is 5.82 Å². The van der Waals surface area contributed by atoms with Crippen molar-refractivity contribution in [2.75, 3.05) is 31.6 Å². The highest BCUT2D eigenvalue weighted by molar-refractivity contribution is 9.10. The number of hydrogen-bond acceptors (Lipinski definition) is 4. The minimum absolute atomic E-state index is 0.0908. The number of carboxylic acid groups (broad SMARTS) is 1. The van der Waals surface area contributed by atoms with Crippen LogP contribution < -0.4 is 4.90 Å². The summed E-state index contributed by atoms with van der Waals surface area (Å²) >= 11 is 9.44. The Labute approximate surface area is 138 Å². The maximum atomic E-state index is 10.8. The van der Waals surface area contributed by atoms with E-state index in [0.29, 0.717) is 11.1 Å². The van der Waals surface area contributed by atoms with Crippen molar-refractivity contribution in [1.29, 1.82) is 0 Å². The molecule has 5 nitrogen and oxygen atoms in total. The largest absolute Gasteiger partial charge is 0.480 e. The van der Waals surface area contributed by atoms with Gasteiger partial charge in [-0.2, -0.15) is 0 Å². The lowest BCUT2D eigenvalue weighted by molar-refractivity contribution is -0.138. The van der Waals surface area contributed by atoms with Crippen LogP contribution in [0.3, 0.4) is 0 Å². The molecule has 1 aromatic heterocycles. The first-order valence-corrected chi connectivity index (χ1v) is 8.12. The molecule has 7 heteroatoms. The second-order valence-electron chi connectivity index (χ2n) is 5.34. The molecule has 0 bridgehead atoms. The smallest absolute Gasteiger partial charge is 0.317 e. The van der Waals surface area contributed by atoms with Gasteiger partial charge in [0.1, 0.15) is 5.82 Å². The van der Waals surface area contributed by atoms with Crippen molar-refractivity contribution in [3.05, 3.63) is 21.8 Å². The fraction of sp³-hybridized carbons (Fsp3) is 0.571. The average Bonchev–Trinajstić information content (AvgIpc) is 2.63.